The van der Waals surface area contributed by atoms with Crippen LogP contribution in [0.5, 0.6) is 5.75 Å². The largest absolute Gasteiger partial charge is 0.496 e. The molecule has 3 aromatic carbocycles. The number of carboxylic acid groups (broad SMARTS) is 5. The normalized spacial score (nSPS) is 26.1. The van der Waals surface area contributed by atoms with Gasteiger partial charge in [0, 0.05) is 123 Å². The molecule has 3 aromatic rings. The number of carbonyl (C=O) groups excluding carboxylic acids is 8. The van der Waals surface area contributed by atoms with E-state index in [0.717, 1.165) is 49.4 Å². The monoisotopic (exact) mass is 1640 g/mol. The van der Waals surface area contributed by atoms with Crippen molar-refractivity contribution in [2.24, 2.45) is 23.2 Å². The van der Waals surface area contributed by atoms with Crippen LogP contribution in [0, 0.1) is 23.2 Å². The third-order valence-corrected chi connectivity index (χ3v) is 26.6. The van der Waals surface area contributed by atoms with Gasteiger partial charge in [-0.2, -0.15) is 0 Å². The van der Waals surface area contributed by atoms with E-state index in [-0.39, 0.29) is 62.7 Å². The van der Waals surface area contributed by atoms with Gasteiger partial charge < -0.3 is 86.5 Å². The predicted octanol–water partition coefficient (Wildman–Crippen LogP) is 3.80. The summed E-state index contributed by atoms with van der Waals surface area (Å²) in [7, 11) is 6.75. The maximum Gasteiger partial charge on any atom is 0.327 e. The summed E-state index contributed by atoms with van der Waals surface area (Å²) >= 11 is 0. The Morgan fingerprint density at radius 3 is 2.13 bits per heavy atom. The highest BCUT2D eigenvalue weighted by Crippen LogP contribution is 2.68. The first-order valence-electron chi connectivity index (χ1n) is 38.9. The SMILES string of the molecule is CC[C@]1(O)CC2CN(CCC3=C(Cc4ccccc43)[C@@](C(=O)OC)(c3cc4c(cc3OC)N(C)[C@H]3[C@@](O)(C(=O)NCC(=O)OCCSSC[C@H](NC(=O)[C@@H](CC(=O)[C@H](CC(=O)O)NC(=O)CC[C@H](CC(=O)CC[C@H](NC(=O)NCCCC(=O)O)C(=O)O)C(=O)O)Cc5ccccc5)C(=O)O)[C@H](O)[C@]5(CC)C=CCN6CC[C@]43[C@@H]65)C2)C1. The van der Waals surface area contributed by atoms with E-state index in [4.69, 9.17) is 19.3 Å². The summed E-state index contributed by atoms with van der Waals surface area (Å²) in [6.45, 7) is 5.60. The van der Waals surface area contributed by atoms with Gasteiger partial charge in [0.25, 0.3) is 5.91 Å². The molecule has 5 aliphatic heterocycles. The number of hydrogen-bond donors (Lipinski definition) is 13. The molecular formula is C81H104N8O24S2. The number of benzene rings is 3. The lowest BCUT2D eigenvalue weighted by Gasteiger charge is -2.63. The van der Waals surface area contributed by atoms with E-state index in [2.05, 4.69) is 48.5 Å². The number of ether oxygens (including phenoxy) is 3. The lowest BCUT2D eigenvalue weighted by molar-refractivity contribution is -0.203. The van der Waals surface area contributed by atoms with Crippen LogP contribution in [0.2, 0.25) is 0 Å². The molecule has 5 amide bonds. The Balaban J connectivity index is 0.775. The molecule has 624 valence electrons. The van der Waals surface area contributed by atoms with E-state index in [1.54, 1.807) is 44.5 Å². The summed E-state index contributed by atoms with van der Waals surface area (Å²) < 4.78 is 18.0. The number of carboxylic acids is 5. The summed E-state index contributed by atoms with van der Waals surface area (Å²) in [6.07, 6.45) is 0.231. The zero-order chi connectivity index (χ0) is 83.5. The lowest BCUT2D eigenvalue weighted by Crippen LogP contribution is -2.81. The minimum absolute atomic E-state index is 0.0552. The van der Waals surface area contributed by atoms with Crippen LogP contribution in [0.15, 0.2) is 84.5 Å². The topological polar surface area (TPSA) is 481 Å². The van der Waals surface area contributed by atoms with Crippen LogP contribution < -0.4 is 36.2 Å². The van der Waals surface area contributed by atoms with Crippen molar-refractivity contribution in [3.05, 3.63) is 112 Å². The highest BCUT2D eigenvalue weighted by Gasteiger charge is 2.79. The lowest BCUT2D eigenvalue weighted by atomic mass is 9.47. The number of urea groups is 1. The van der Waals surface area contributed by atoms with Crippen LogP contribution in [0.25, 0.3) is 5.57 Å². The van der Waals surface area contributed by atoms with Crippen molar-refractivity contribution < 1.29 is 117 Å². The number of likely N-dealkylation sites (N-methyl/N-ethyl adjacent to an activating group) is 1. The molecule has 115 heavy (non-hydrogen) atoms. The van der Waals surface area contributed by atoms with Gasteiger partial charge in [0.15, 0.2) is 11.4 Å². The van der Waals surface area contributed by atoms with Crippen LogP contribution in [0.3, 0.4) is 0 Å². The molecule has 1 spiro atoms. The molecule has 0 radical (unpaired) electrons. The molecule has 2 aliphatic carbocycles. The molecule has 3 fully saturated rings. The smallest absolute Gasteiger partial charge is 0.327 e. The highest BCUT2D eigenvalue weighted by atomic mass is 33.1. The third kappa shape index (κ3) is 18.8. The summed E-state index contributed by atoms with van der Waals surface area (Å²) in [4.78, 5) is 177. The number of aliphatic hydroxyl groups is 3. The van der Waals surface area contributed by atoms with Crippen molar-refractivity contribution in [2.45, 2.75) is 181 Å². The van der Waals surface area contributed by atoms with Crippen molar-refractivity contribution in [2.75, 3.05) is 90.1 Å². The average Bonchev–Trinajstić information content (AvgIpc) is 1.49. The standard InChI is InChI=1S/C81H104N8O24S2/c1-6-77(109)40-47-41-80(75(107)112-5,54-35-48-17-11-12-18-52(48)53(54)24-29-88(43-47)45-77)56-37-55-60(39-62(56)111-4)87(3)72-79(55)26-30-89-28-14-25-78(7-2,71(79)89)73(105)81(72,110)74(106)83-42-66(97)113-31-32-114-115-44-59(70(103)104)85-67(98)50(33-46-15-9-8-10-16-46)36-61(91)58(38-65(95)96)84-63(92)23-20-49(68(99)100)34-51(90)21-22-57(69(101)102)86-76(108)82-27-13-19-64(93)94/h8-12,14-18,25,37,39,47,49-50,57-59,71-73,105,109-110H,6-7,13,19-24,26-36,38,40-45H2,1-5H3,(H,83,106)(H,84,92)(H,85,98)(H,93,94)(H,95,96)(H,99,100)(H,101,102)(H,103,104)(H2,82,86,108)/t47?,49-,50-,57+,58+,59+,71+,72-,73-,77+,78-,79-,80-,81+/m1/s1. The molecule has 2 saturated heterocycles. The predicted molar refractivity (Wildman–Crippen MR) is 419 cm³/mol. The minimum Gasteiger partial charge on any atom is -0.496 e. The quantitative estimate of drug-likeness (QED) is 0.0167. The first kappa shape index (κ1) is 87.9. The summed E-state index contributed by atoms with van der Waals surface area (Å²) in [6, 6.07) is 12.8. The summed E-state index contributed by atoms with van der Waals surface area (Å²) in [5.41, 5.74) is -1.01. The Kier molecular flexibility index (Phi) is 28.8. The molecule has 13 N–H and O–H groups in total. The van der Waals surface area contributed by atoms with Gasteiger partial charge >= 0.3 is 47.8 Å². The first-order chi connectivity index (χ1) is 54.7. The van der Waals surface area contributed by atoms with E-state index < -0.39 is 204 Å². The summed E-state index contributed by atoms with van der Waals surface area (Å²) in [5.74, 6) is -16.1. The fourth-order valence-corrected chi connectivity index (χ4v) is 21.0. The molecule has 1 saturated carbocycles. The van der Waals surface area contributed by atoms with E-state index in [1.807, 2.05) is 55.2 Å². The van der Waals surface area contributed by atoms with E-state index in [0.29, 0.717) is 87.4 Å². The number of aliphatic carboxylic acids is 5. The molecule has 2 bridgehead atoms. The first-order valence-corrected chi connectivity index (χ1v) is 41.4. The van der Waals surface area contributed by atoms with Gasteiger partial charge in [0.1, 0.15) is 48.3 Å². The van der Waals surface area contributed by atoms with Crippen molar-refractivity contribution >= 4 is 110 Å². The fraction of sp³-hybridized carbons (Fsp3) is 0.568. The molecule has 32 nitrogen and oxygen atoms in total. The number of hydrogen-bond acceptors (Lipinski definition) is 24. The number of amides is 5. The van der Waals surface area contributed by atoms with Gasteiger partial charge in [-0.05, 0) is 123 Å². The van der Waals surface area contributed by atoms with Crippen molar-refractivity contribution in [1.82, 2.24) is 36.4 Å². The molecule has 10 rings (SSSR count). The van der Waals surface area contributed by atoms with Crippen LogP contribution in [-0.4, -0.2) is 260 Å². The van der Waals surface area contributed by atoms with Crippen LogP contribution in [-0.2, 0) is 90.7 Å². The van der Waals surface area contributed by atoms with E-state index >= 15 is 9.59 Å². The molecule has 15 atom stereocenters. The van der Waals surface area contributed by atoms with Gasteiger partial charge in [-0.15, -0.1) is 0 Å². The van der Waals surface area contributed by atoms with Crippen molar-refractivity contribution in [3.63, 3.8) is 0 Å². The fourth-order valence-electron chi connectivity index (χ4n) is 19.0. The van der Waals surface area contributed by atoms with E-state index in [9.17, 15) is 88.5 Å². The number of anilines is 1. The van der Waals surface area contributed by atoms with Gasteiger partial charge in [-0.1, -0.05) is 102 Å². The molecule has 7 aliphatic rings. The second-order valence-corrected chi connectivity index (χ2v) is 33.8. The number of nitrogens with one attached hydrogen (secondary N) is 5. The number of rotatable bonds is 40. The molecule has 5 heterocycles. The number of methoxy groups -OCH3 is 2. The number of esters is 2. The van der Waals surface area contributed by atoms with Crippen molar-refractivity contribution in [3.8, 4) is 5.75 Å². The second-order valence-electron chi connectivity index (χ2n) is 31.2. The Morgan fingerprint density at radius 2 is 1.45 bits per heavy atom. The highest BCUT2D eigenvalue weighted by molar-refractivity contribution is 8.76. The number of fused-ring (bicyclic) bond motifs is 5. The summed E-state index contributed by atoms with van der Waals surface area (Å²) in [5, 5.41) is 99.3. The third-order valence-electron chi connectivity index (χ3n) is 24.3. The Morgan fingerprint density at radius 1 is 0.722 bits per heavy atom. The second kappa shape index (κ2) is 37.7. The number of aliphatic hydroxyl groups excluding tert-OH is 1. The number of piperidine rings is 1. The van der Waals surface area contributed by atoms with Gasteiger partial charge in [-0.3, -0.25) is 57.7 Å². The van der Waals surface area contributed by atoms with Crippen LogP contribution in [0.1, 0.15) is 138 Å². The van der Waals surface area contributed by atoms with Crippen molar-refractivity contribution in [1.29, 1.82) is 0 Å². The zero-order valence-corrected chi connectivity index (χ0v) is 66.7. The maximum atomic E-state index is 15.7. The number of carbonyl (C=O) groups is 13. The van der Waals surface area contributed by atoms with Crippen LogP contribution >= 0.6 is 21.6 Å². The number of Topliss-reactive ketones (excluding diaryl/α,β-unsaturated/α-hetero) is 2. The van der Waals surface area contributed by atoms with E-state index in [1.165, 1.54) is 7.11 Å². The zero-order valence-electron chi connectivity index (χ0n) is 65.1. The Labute approximate surface area is 673 Å². The molecule has 0 aromatic heterocycles. The van der Waals surface area contributed by atoms with Crippen LogP contribution in [0.4, 0.5) is 10.5 Å². The minimum atomic E-state index is -2.63. The van der Waals surface area contributed by atoms with Gasteiger partial charge in [-0.25, -0.2) is 14.4 Å². The average molecular weight is 1640 g/mol. The van der Waals surface area contributed by atoms with Gasteiger partial charge in [0.05, 0.1) is 44.2 Å². The Bertz CT molecular complexity index is 4280. The molecule has 34 heteroatoms. The number of ketones is 2. The number of nitrogens with zero attached hydrogens (tertiary/aromatic N) is 3. The Hall–Kier alpha value is -9.45. The molecular weight excluding hydrogens is 1530 g/mol. The maximum absolute atomic E-state index is 15.7. The molecule has 2 unspecified atom stereocenters. The van der Waals surface area contributed by atoms with Gasteiger partial charge in [0.2, 0.25) is 11.8 Å².